The van der Waals surface area contributed by atoms with E-state index in [4.69, 9.17) is 0 Å². The van der Waals surface area contributed by atoms with Crippen LogP contribution in [0.4, 0.5) is 10.1 Å². The summed E-state index contributed by atoms with van der Waals surface area (Å²) in [7, 11) is 1.88. The van der Waals surface area contributed by atoms with Crippen molar-refractivity contribution in [2.45, 2.75) is 19.4 Å². The van der Waals surface area contributed by atoms with E-state index in [2.05, 4.69) is 0 Å². The van der Waals surface area contributed by atoms with E-state index in [9.17, 15) is 9.18 Å². The quantitative estimate of drug-likeness (QED) is 0.819. The molecule has 2 aromatic rings. The molecule has 3 heteroatoms. The van der Waals surface area contributed by atoms with Gasteiger partial charge in [-0.15, -0.1) is 0 Å². The summed E-state index contributed by atoms with van der Waals surface area (Å²) in [6, 6.07) is 16.0. The number of halogens is 1. The average molecular weight is 271 g/mol. The monoisotopic (exact) mass is 271 g/mol. The molecule has 0 aliphatic rings. The third-order valence-electron chi connectivity index (χ3n) is 3.38. The number of anilines is 1. The number of nitrogens with zero attached hydrogens (tertiary/aromatic N) is 1. The van der Waals surface area contributed by atoms with E-state index < -0.39 is 0 Å². The fourth-order valence-electron chi connectivity index (χ4n) is 2.32. The van der Waals surface area contributed by atoms with E-state index in [1.165, 1.54) is 13.0 Å². The second-order valence-corrected chi connectivity index (χ2v) is 4.89. The Balaban J connectivity index is 2.38. The van der Waals surface area contributed by atoms with Crippen LogP contribution in [0, 0.1) is 5.82 Å². The van der Waals surface area contributed by atoms with Crippen LogP contribution in [-0.4, -0.2) is 12.8 Å². The predicted octanol–water partition coefficient (Wildman–Crippen LogP) is 3.98. The van der Waals surface area contributed by atoms with E-state index >= 15 is 0 Å². The largest absolute Gasteiger partial charge is 0.367 e. The number of carbonyl (C=O) groups is 1. The fraction of sp³-hybridized carbons (Fsp3) is 0.235. The molecule has 0 amide bonds. The summed E-state index contributed by atoms with van der Waals surface area (Å²) in [5, 5.41) is 0. The number of Topliss-reactive ketones (excluding diaryl/α,β-unsaturated/α-hetero) is 1. The molecule has 2 aromatic carbocycles. The second kappa shape index (κ2) is 6.33. The number of ketones is 1. The first-order valence-corrected chi connectivity index (χ1v) is 6.61. The lowest BCUT2D eigenvalue weighted by Gasteiger charge is -2.30. The van der Waals surface area contributed by atoms with Gasteiger partial charge in [-0.1, -0.05) is 36.4 Å². The molecule has 20 heavy (non-hydrogen) atoms. The molecule has 0 radical (unpaired) electrons. The zero-order valence-electron chi connectivity index (χ0n) is 11.7. The van der Waals surface area contributed by atoms with E-state index in [-0.39, 0.29) is 24.1 Å². The first-order chi connectivity index (χ1) is 9.59. The molecule has 104 valence electrons. The van der Waals surface area contributed by atoms with Crippen LogP contribution in [0.1, 0.15) is 24.9 Å². The van der Waals surface area contributed by atoms with Gasteiger partial charge in [0.25, 0.3) is 0 Å². The van der Waals surface area contributed by atoms with Crippen molar-refractivity contribution in [3.63, 3.8) is 0 Å². The summed E-state index contributed by atoms with van der Waals surface area (Å²) >= 11 is 0. The molecule has 0 aliphatic heterocycles. The maximum absolute atomic E-state index is 14.0. The lowest BCUT2D eigenvalue weighted by atomic mass is 9.99. The summed E-state index contributed by atoms with van der Waals surface area (Å²) < 4.78 is 14.0. The zero-order valence-corrected chi connectivity index (χ0v) is 11.7. The van der Waals surface area contributed by atoms with Gasteiger partial charge in [0.1, 0.15) is 11.6 Å². The van der Waals surface area contributed by atoms with Crippen LogP contribution < -0.4 is 4.90 Å². The molecule has 0 aromatic heterocycles. The van der Waals surface area contributed by atoms with Gasteiger partial charge in [-0.2, -0.15) is 0 Å². The number of hydrogen-bond acceptors (Lipinski definition) is 2. The first-order valence-electron chi connectivity index (χ1n) is 6.61. The molecule has 0 spiro atoms. The number of hydrogen-bond donors (Lipinski definition) is 0. The maximum Gasteiger partial charge on any atom is 0.132 e. The Hall–Kier alpha value is -2.16. The molecule has 0 fully saturated rings. The highest BCUT2D eigenvalue weighted by Crippen LogP contribution is 2.29. The normalized spacial score (nSPS) is 11.9. The van der Waals surface area contributed by atoms with Crippen LogP contribution in [0.5, 0.6) is 0 Å². The van der Waals surface area contributed by atoms with E-state index in [0.29, 0.717) is 5.56 Å². The smallest absolute Gasteiger partial charge is 0.132 e. The Labute approximate surface area is 118 Å². The van der Waals surface area contributed by atoms with Crippen molar-refractivity contribution < 1.29 is 9.18 Å². The molecule has 0 aliphatic carbocycles. The fourth-order valence-corrected chi connectivity index (χ4v) is 2.32. The predicted molar refractivity (Wildman–Crippen MR) is 79.3 cm³/mol. The Morgan fingerprint density at radius 2 is 1.70 bits per heavy atom. The van der Waals surface area contributed by atoms with Gasteiger partial charge in [0.15, 0.2) is 0 Å². The van der Waals surface area contributed by atoms with Gasteiger partial charge in [0.05, 0.1) is 6.04 Å². The van der Waals surface area contributed by atoms with E-state index in [1.54, 1.807) is 18.2 Å². The SMILES string of the molecule is CC(=O)CC(c1ccccc1F)N(C)c1ccccc1. The lowest BCUT2D eigenvalue weighted by molar-refractivity contribution is -0.117. The lowest BCUT2D eigenvalue weighted by Crippen LogP contribution is -2.26. The molecule has 1 unspecified atom stereocenters. The third-order valence-corrected chi connectivity index (χ3v) is 3.38. The molecule has 2 nitrogen and oxygen atoms in total. The van der Waals surface area contributed by atoms with Crippen molar-refractivity contribution in [2.75, 3.05) is 11.9 Å². The number of rotatable bonds is 5. The Morgan fingerprint density at radius 1 is 1.10 bits per heavy atom. The van der Waals surface area contributed by atoms with Crippen LogP contribution in [0.25, 0.3) is 0 Å². The zero-order chi connectivity index (χ0) is 14.5. The van der Waals surface area contributed by atoms with Crippen LogP contribution in [0.3, 0.4) is 0 Å². The number of benzene rings is 2. The number of para-hydroxylation sites is 1. The van der Waals surface area contributed by atoms with Crippen molar-refractivity contribution in [1.29, 1.82) is 0 Å². The molecule has 1 atom stereocenters. The minimum absolute atomic E-state index is 0.0426. The highest BCUT2D eigenvalue weighted by molar-refractivity contribution is 5.77. The van der Waals surface area contributed by atoms with Crippen molar-refractivity contribution >= 4 is 11.5 Å². The van der Waals surface area contributed by atoms with Crippen LogP contribution >= 0.6 is 0 Å². The van der Waals surface area contributed by atoms with Gasteiger partial charge in [-0.3, -0.25) is 4.79 Å². The van der Waals surface area contributed by atoms with Crippen molar-refractivity contribution in [1.82, 2.24) is 0 Å². The second-order valence-electron chi connectivity index (χ2n) is 4.89. The maximum atomic E-state index is 14.0. The molecule has 0 saturated heterocycles. The third kappa shape index (κ3) is 3.23. The van der Waals surface area contributed by atoms with Crippen molar-refractivity contribution in [3.05, 3.63) is 66.0 Å². The van der Waals surface area contributed by atoms with Crippen molar-refractivity contribution in [3.8, 4) is 0 Å². The molecule has 0 bridgehead atoms. The Morgan fingerprint density at radius 3 is 2.30 bits per heavy atom. The summed E-state index contributed by atoms with van der Waals surface area (Å²) in [5.41, 5.74) is 1.51. The molecular weight excluding hydrogens is 253 g/mol. The van der Waals surface area contributed by atoms with Crippen molar-refractivity contribution in [2.24, 2.45) is 0 Å². The van der Waals surface area contributed by atoms with Crippen LogP contribution in [0.15, 0.2) is 54.6 Å². The average Bonchev–Trinajstić information content (AvgIpc) is 2.46. The summed E-state index contributed by atoms with van der Waals surface area (Å²) in [4.78, 5) is 13.5. The first kappa shape index (κ1) is 14.3. The van der Waals surface area contributed by atoms with Crippen LogP contribution in [-0.2, 0) is 4.79 Å². The molecule has 2 rings (SSSR count). The Bertz CT molecular complexity index is 583. The topological polar surface area (TPSA) is 20.3 Å². The highest BCUT2D eigenvalue weighted by atomic mass is 19.1. The summed E-state index contributed by atoms with van der Waals surface area (Å²) in [5.74, 6) is -0.234. The standard InChI is InChI=1S/C17H18FNO/c1-13(20)12-17(15-10-6-7-11-16(15)18)19(2)14-8-4-3-5-9-14/h3-11,17H,12H2,1-2H3. The summed E-state index contributed by atoms with van der Waals surface area (Å²) in [6.07, 6.45) is 0.284. The van der Waals surface area contributed by atoms with Gasteiger partial charge in [-0.05, 0) is 25.1 Å². The van der Waals surface area contributed by atoms with Crippen LogP contribution in [0.2, 0.25) is 0 Å². The minimum Gasteiger partial charge on any atom is -0.367 e. The number of carbonyl (C=O) groups excluding carboxylic acids is 1. The van der Waals surface area contributed by atoms with Gasteiger partial charge in [-0.25, -0.2) is 4.39 Å². The molecule has 0 heterocycles. The van der Waals surface area contributed by atoms with E-state index in [0.717, 1.165) is 5.69 Å². The molecule has 0 saturated carbocycles. The van der Waals surface area contributed by atoms with Gasteiger partial charge in [0, 0.05) is 24.7 Å². The highest BCUT2D eigenvalue weighted by Gasteiger charge is 2.22. The minimum atomic E-state index is -0.295. The van der Waals surface area contributed by atoms with E-state index in [1.807, 2.05) is 42.3 Å². The van der Waals surface area contributed by atoms with Gasteiger partial charge < -0.3 is 4.90 Å². The molecule has 0 N–H and O–H groups in total. The summed E-state index contributed by atoms with van der Waals surface area (Å²) in [6.45, 7) is 1.53. The van der Waals surface area contributed by atoms with Gasteiger partial charge in [0.2, 0.25) is 0 Å². The Kier molecular flexibility index (Phi) is 4.51. The molecular formula is C17H18FNO. The van der Waals surface area contributed by atoms with Gasteiger partial charge >= 0.3 is 0 Å².